The van der Waals surface area contributed by atoms with Gasteiger partial charge < -0.3 is 4.74 Å². The zero-order chi connectivity index (χ0) is 19.9. The summed E-state index contributed by atoms with van der Waals surface area (Å²) in [5.41, 5.74) is 4.44. The SMILES string of the molecule is CCCCN(CCCC)C(C)COC(=O)C1c2ccccc2-c2ccccc21. The van der Waals surface area contributed by atoms with Crippen molar-refractivity contribution in [2.45, 2.75) is 58.4 Å². The van der Waals surface area contributed by atoms with Crippen molar-refractivity contribution in [3.63, 3.8) is 0 Å². The maximum atomic E-state index is 13.1. The Hall–Kier alpha value is -2.13. The number of unbranched alkanes of at least 4 members (excludes halogenated alkanes) is 2. The number of ether oxygens (including phenoxy) is 1. The van der Waals surface area contributed by atoms with E-state index in [2.05, 4.69) is 49.9 Å². The van der Waals surface area contributed by atoms with E-state index in [1.54, 1.807) is 0 Å². The summed E-state index contributed by atoms with van der Waals surface area (Å²) in [6.07, 6.45) is 4.74. The Morgan fingerprint density at radius 3 is 1.93 bits per heavy atom. The number of nitrogens with zero attached hydrogens (tertiary/aromatic N) is 1. The summed E-state index contributed by atoms with van der Waals surface area (Å²) in [5.74, 6) is -0.436. The monoisotopic (exact) mass is 379 g/mol. The highest BCUT2D eigenvalue weighted by Gasteiger charge is 2.34. The minimum Gasteiger partial charge on any atom is -0.463 e. The van der Waals surface area contributed by atoms with Crippen LogP contribution in [0, 0.1) is 0 Å². The van der Waals surface area contributed by atoms with E-state index in [1.165, 1.54) is 25.7 Å². The number of carbonyl (C=O) groups is 1. The van der Waals surface area contributed by atoms with E-state index in [-0.39, 0.29) is 17.9 Å². The molecule has 0 radical (unpaired) electrons. The van der Waals surface area contributed by atoms with Gasteiger partial charge in [0.25, 0.3) is 0 Å². The van der Waals surface area contributed by atoms with E-state index in [4.69, 9.17) is 4.74 Å². The molecule has 2 aromatic rings. The number of esters is 1. The van der Waals surface area contributed by atoms with Crippen molar-refractivity contribution in [3.8, 4) is 11.1 Å². The standard InChI is InChI=1S/C25H33NO2/c1-4-6-16-26(17-7-5-2)19(3)18-28-25(27)24-22-14-10-8-12-20(22)21-13-9-11-15-23(21)24/h8-15,19,24H,4-7,16-18H2,1-3H3. The Morgan fingerprint density at radius 2 is 1.43 bits per heavy atom. The maximum Gasteiger partial charge on any atom is 0.318 e. The van der Waals surface area contributed by atoms with Crippen LogP contribution in [0.25, 0.3) is 11.1 Å². The minimum absolute atomic E-state index is 0.129. The zero-order valence-electron chi connectivity index (χ0n) is 17.5. The van der Waals surface area contributed by atoms with E-state index >= 15 is 0 Å². The van der Waals surface area contributed by atoms with Crippen LogP contribution in [0.3, 0.4) is 0 Å². The Balaban J connectivity index is 1.69. The molecule has 0 aliphatic heterocycles. The van der Waals surface area contributed by atoms with Crippen molar-refractivity contribution in [1.82, 2.24) is 4.90 Å². The van der Waals surface area contributed by atoms with Crippen LogP contribution in [-0.4, -0.2) is 36.6 Å². The quantitative estimate of drug-likeness (QED) is 0.501. The van der Waals surface area contributed by atoms with Crippen LogP contribution >= 0.6 is 0 Å². The molecule has 2 aromatic carbocycles. The summed E-state index contributed by atoms with van der Waals surface area (Å²) in [6, 6.07) is 16.6. The summed E-state index contributed by atoms with van der Waals surface area (Å²) in [6.45, 7) is 9.21. The summed E-state index contributed by atoms with van der Waals surface area (Å²) in [7, 11) is 0. The highest BCUT2D eigenvalue weighted by atomic mass is 16.5. The van der Waals surface area contributed by atoms with E-state index in [0.29, 0.717) is 6.61 Å². The Morgan fingerprint density at radius 1 is 0.929 bits per heavy atom. The molecule has 0 aromatic heterocycles. The van der Waals surface area contributed by atoms with Crippen LogP contribution in [0.15, 0.2) is 48.5 Å². The lowest BCUT2D eigenvalue weighted by atomic mass is 9.97. The fourth-order valence-electron chi connectivity index (χ4n) is 4.08. The molecule has 1 atom stereocenters. The molecule has 3 nitrogen and oxygen atoms in total. The van der Waals surface area contributed by atoms with Crippen molar-refractivity contribution in [1.29, 1.82) is 0 Å². The lowest BCUT2D eigenvalue weighted by molar-refractivity contribution is -0.146. The molecule has 0 saturated heterocycles. The molecule has 0 fully saturated rings. The van der Waals surface area contributed by atoms with Crippen LogP contribution < -0.4 is 0 Å². The molecule has 0 heterocycles. The summed E-state index contributed by atoms with van der Waals surface area (Å²) in [5, 5.41) is 0. The molecule has 0 N–H and O–H groups in total. The van der Waals surface area contributed by atoms with Gasteiger partial charge in [0.15, 0.2) is 0 Å². The van der Waals surface area contributed by atoms with Gasteiger partial charge in [0.05, 0.1) is 0 Å². The first kappa shape index (κ1) is 20.6. The van der Waals surface area contributed by atoms with E-state index in [9.17, 15) is 4.79 Å². The smallest absolute Gasteiger partial charge is 0.318 e. The van der Waals surface area contributed by atoms with Crippen LogP contribution in [0.5, 0.6) is 0 Å². The second-order valence-corrected chi connectivity index (χ2v) is 7.83. The molecule has 0 amide bonds. The van der Waals surface area contributed by atoms with Crippen LogP contribution in [0.2, 0.25) is 0 Å². The predicted molar refractivity (Wildman–Crippen MR) is 116 cm³/mol. The van der Waals surface area contributed by atoms with Gasteiger partial charge in [-0.15, -0.1) is 0 Å². The first-order valence-electron chi connectivity index (χ1n) is 10.8. The minimum atomic E-state index is -0.306. The number of benzene rings is 2. The fraction of sp³-hybridized carbons (Fsp3) is 0.480. The molecular formula is C25H33NO2. The molecule has 150 valence electrons. The normalized spacial score (nSPS) is 14.0. The summed E-state index contributed by atoms with van der Waals surface area (Å²) >= 11 is 0. The Labute approximate surface area is 169 Å². The average Bonchev–Trinajstić information content (AvgIpc) is 3.06. The van der Waals surface area contributed by atoms with Crippen molar-refractivity contribution in [3.05, 3.63) is 59.7 Å². The second-order valence-electron chi connectivity index (χ2n) is 7.83. The molecule has 1 unspecified atom stereocenters. The first-order valence-corrected chi connectivity index (χ1v) is 10.8. The van der Waals surface area contributed by atoms with Crippen molar-refractivity contribution < 1.29 is 9.53 Å². The third-order valence-corrected chi connectivity index (χ3v) is 5.76. The van der Waals surface area contributed by atoms with E-state index in [0.717, 1.165) is 35.3 Å². The van der Waals surface area contributed by atoms with Gasteiger partial charge in [0.2, 0.25) is 0 Å². The van der Waals surface area contributed by atoms with Crippen LogP contribution in [0.1, 0.15) is 63.5 Å². The maximum absolute atomic E-state index is 13.1. The van der Waals surface area contributed by atoms with Gasteiger partial charge in [-0.1, -0.05) is 75.2 Å². The highest BCUT2D eigenvalue weighted by Crippen LogP contribution is 2.44. The molecule has 3 rings (SSSR count). The third kappa shape index (κ3) is 4.47. The third-order valence-electron chi connectivity index (χ3n) is 5.76. The lowest BCUT2D eigenvalue weighted by Crippen LogP contribution is -2.38. The number of hydrogen-bond donors (Lipinski definition) is 0. The van der Waals surface area contributed by atoms with Crippen molar-refractivity contribution in [2.24, 2.45) is 0 Å². The molecule has 0 spiro atoms. The zero-order valence-corrected chi connectivity index (χ0v) is 17.5. The van der Waals surface area contributed by atoms with Gasteiger partial charge in [-0.2, -0.15) is 0 Å². The highest BCUT2D eigenvalue weighted by molar-refractivity contribution is 5.93. The molecule has 0 saturated carbocycles. The van der Waals surface area contributed by atoms with Gasteiger partial charge in [-0.3, -0.25) is 9.69 Å². The van der Waals surface area contributed by atoms with E-state index in [1.807, 2.05) is 24.3 Å². The predicted octanol–water partition coefficient (Wildman–Crippen LogP) is 5.63. The van der Waals surface area contributed by atoms with Gasteiger partial charge in [0, 0.05) is 6.04 Å². The Kier molecular flexibility index (Phi) is 7.27. The average molecular weight is 380 g/mol. The number of hydrogen-bond acceptors (Lipinski definition) is 3. The van der Waals surface area contributed by atoms with Gasteiger partial charge >= 0.3 is 5.97 Å². The second kappa shape index (κ2) is 9.88. The van der Waals surface area contributed by atoms with Crippen LogP contribution in [0.4, 0.5) is 0 Å². The lowest BCUT2D eigenvalue weighted by Gasteiger charge is -2.29. The molecule has 1 aliphatic carbocycles. The number of rotatable bonds is 10. The van der Waals surface area contributed by atoms with Crippen LogP contribution in [-0.2, 0) is 9.53 Å². The fourth-order valence-corrected chi connectivity index (χ4v) is 4.08. The summed E-state index contributed by atoms with van der Waals surface area (Å²) < 4.78 is 5.86. The van der Waals surface area contributed by atoms with Gasteiger partial charge in [0.1, 0.15) is 12.5 Å². The number of carbonyl (C=O) groups excluding carboxylic acids is 1. The number of fused-ring (bicyclic) bond motifs is 3. The first-order chi connectivity index (χ1) is 13.7. The topological polar surface area (TPSA) is 29.5 Å². The molecular weight excluding hydrogens is 346 g/mol. The van der Waals surface area contributed by atoms with Crippen molar-refractivity contribution >= 4 is 5.97 Å². The van der Waals surface area contributed by atoms with Gasteiger partial charge in [-0.25, -0.2) is 0 Å². The Bertz CT molecular complexity index is 732. The molecule has 28 heavy (non-hydrogen) atoms. The molecule has 1 aliphatic rings. The molecule has 3 heteroatoms. The van der Waals surface area contributed by atoms with Crippen molar-refractivity contribution in [2.75, 3.05) is 19.7 Å². The molecule has 0 bridgehead atoms. The van der Waals surface area contributed by atoms with E-state index < -0.39 is 0 Å². The van der Waals surface area contributed by atoms with Gasteiger partial charge in [-0.05, 0) is 55.1 Å². The summed E-state index contributed by atoms with van der Waals surface area (Å²) in [4.78, 5) is 15.6. The largest absolute Gasteiger partial charge is 0.463 e.